The second-order valence-corrected chi connectivity index (χ2v) is 8.49. The maximum absolute atomic E-state index is 4.84. The molecule has 0 N–H and O–H groups in total. The first-order valence-electron chi connectivity index (χ1n) is 8.15. The molecule has 0 aromatic rings. The first-order chi connectivity index (χ1) is 9.12. The summed E-state index contributed by atoms with van der Waals surface area (Å²) in [5, 5.41) is 0. The van der Waals surface area contributed by atoms with Crippen LogP contribution in [0.3, 0.4) is 0 Å². The van der Waals surface area contributed by atoms with E-state index in [2.05, 4.69) is 65.9 Å². The molecule has 2 atom stereocenters. The number of rotatable bonds is 5. The fourth-order valence-corrected chi connectivity index (χ4v) is 3.58. The molecule has 2 heteroatoms. The molecule has 0 aromatic carbocycles. The molecule has 0 saturated heterocycles. The van der Waals surface area contributed by atoms with Crippen LogP contribution in [0.15, 0.2) is 9.98 Å². The molecule has 2 nitrogen and oxygen atoms in total. The minimum Gasteiger partial charge on any atom is -0.297 e. The molecule has 116 valence electrons. The van der Waals surface area contributed by atoms with Gasteiger partial charge in [0.2, 0.25) is 0 Å². The summed E-state index contributed by atoms with van der Waals surface area (Å²) in [7, 11) is 0. The molecule has 0 radical (unpaired) electrons. The zero-order valence-corrected chi connectivity index (χ0v) is 14.6. The Kier molecular flexibility index (Phi) is 5.97. The second-order valence-electron chi connectivity index (χ2n) is 8.49. The molecular formula is C18H34N2. The van der Waals surface area contributed by atoms with E-state index in [0.29, 0.717) is 28.7 Å². The van der Waals surface area contributed by atoms with Gasteiger partial charge in [-0.25, -0.2) is 0 Å². The van der Waals surface area contributed by atoms with E-state index in [1.165, 1.54) is 19.3 Å². The van der Waals surface area contributed by atoms with Crippen LogP contribution in [0.2, 0.25) is 0 Å². The smallest absolute Gasteiger partial charge is 0.0506 e. The Morgan fingerprint density at radius 3 is 2.15 bits per heavy atom. The molecule has 0 amide bonds. The molecule has 1 rings (SSSR count). The van der Waals surface area contributed by atoms with Gasteiger partial charge < -0.3 is 0 Å². The fourth-order valence-electron chi connectivity index (χ4n) is 3.58. The maximum Gasteiger partial charge on any atom is 0.0506 e. The highest BCUT2D eigenvalue weighted by molar-refractivity contribution is 5.60. The van der Waals surface area contributed by atoms with Crippen molar-refractivity contribution in [3.8, 4) is 0 Å². The van der Waals surface area contributed by atoms with Crippen LogP contribution in [-0.4, -0.2) is 25.0 Å². The summed E-state index contributed by atoms with van der Waals surface area (Å²) < 4.78 is 0. The molecule has 20 heavy (non-hydrogen) atoms. The van der Waals surface area contributed by atoms with Gasteiger partial charge >= 0.3 is 0 Å². The summed E-state index contributed by atoms with van der Waals surface area (Å²) in [5.41, 5.74) is 0.672. The summed E-state index contributed by atoms with van der Waals surface area (Å²) in [6.45, 7) is 16.9. The van der Waals surface area contributed by atoms with Gasteiger partial charge in [0.25, 0.3) is 0 Å². The van der Waals surface area contributed by atoms with E-state index in [9.17, 15) is 0 Å². The zero-order chi connectivity index (χ0) is 15.4. The lowest BCUT2D eigenvalue weighted by molar-refractivity contribution is 0.0916. The molecule has 0 unspecified atom stereocenters. The van der Waals surface area contributed by atoms with E-state index in [1.807, 2.05) is 0 Å². The largest absolute Gasteiger partial charge is 0.297 e. The van der Waals surface area contributed by atoms with Gasteiger partial charge in [-0.15, -0.1) is 0 Å². The Hall–Kier alpha value is -0.660. The quantitative estimate of drug-likeness (QED) is 0.630. The monoisotopic (exact) mass is 278 g/mol. The van der Waals surface area contributed by atoms with Gasteiger partial charge in [-0.3, -0.25) is 9.98 Å². The van der Waals surface area contributed by atoms with Crippen molar-refractivity contribution < 1.29 is 0 Å². The summed E-state index contributed by atoms with van der Waals surface area (Å²) in [6, 6.07) is 0.473. The number of nitrogens with zero attached hydrogens (tertiary/aromatic N) is 2. The van der Waals surface area contributed by atoms with Crippen LogP contribution in [0.25, 0.3) is 0 Å². The third-order valence-corrected chi connectivity index (χ3v) is 3.89. The van der Waals surface area contributed by atoms with Crippen molar-refractivity contribution in [2.45, 2.75) is 73.8 Å². The van der Waals surface area contributed by atoms with Crippen LogP contribution < -0.4 is 0 Å². The van der Waals surface area contributed by atoms with Gasteiger partial charge in [0, 0.05) is 19.0 Å². The van der Waals surface area contributed by atoms with E-state index < -0.39 is 0 Å². The Balaban J connectivity index is 2.75. The van der Waals surface area contributed by atoms with E-state index in [-0.39, 0.29) is 0 Å². The summed E-state index contributed by atoms with van der Waals surface area (Å²) in [5.74, 6) is 1.09. The summed E-state index contributed by atoms with van der Waals surface area (Å²) in [4.78, 5) is 9.52. The van der Waals surface area contributed by atoms with Crippen molar-refractivity contribution in [2.75, 3.05) is 6.54 Å². The Morgan fingerprint density at radius 2 is 1.60 bits per heavy atom. The van der Waals surface area contributed by atoms with Crippen LogP contribution >= 0.6 is 0 Å². The van der Waals surface area contributed by atoms with E-state index in [4.69, 9.17) is 4.99 Å². The highest BCUT2D eigenvalue weighted by Crippen LogP contribution is 2.47. The molecule has 0 heterocycles. The maximum atomic E-state index is 4.84. The molecule has 0 aromatic heterocycles. The van der Waals surface area contributed by atoms with Crippen molar-refractivity contribution in [1.82, 2.24) is 0 Å². The molecule has 0 spiro atoms. The van der Waals surface area contributed by atoms with E-state index in [1.54, 1.807) is 0 Å². The van der Waals surface area contributed by atoms with Gasteiger partial charge in [-0.05, 0) is 41.9 Å². The van der Waals surface area contributed by atoms with Crippen molar-refractivity contribution in [2.24, 2.45) is 32.7 Å². The van der Waals surface area contributed by atoms with Crippen molar-refractivity contribution in [1.29, 1.82) is 0 Å². The summed E-state index contributed by atoms with van der Waals surface area (Å²) >= 11 is 0. The lowest BCUT2D eigenvalue weighted by Gasteiger charge is -2.45. The molecular weight excluding hydrogens is 244 g/mol. The predicted molar refractivity (Wildman–Crippen MR) is 91.1 cm³/mol. The lowest BCUT2D eigenvalue weighted by atomic mass is 9.63. The second kappa shape index (κ2) is 6.87. The van der Waals surface area contributed by atoms with Crippen LogP contribution in [0.1, 0.15) is 67.7 Å². The number of hydrogen-bond acceptors (Lipinski definition) is 2. The average molecular weight is 278 g/mol. The first kappa shape index (κ1) is 17.4. The summed E-state index contributed by atoms with van der Waals surface area (Å²) in [6.07, 6.45) is 7.86. The van der Waals surface area contributed by atoms with E-state index in [0.717, 1.165) is 6.54 Å². The Labute approximate surface area is 126 Å². The molecule has 1 saturated carbocycles. The van der Waals surface area contributed by atoms with Crippen molar-refractivity contribution in [3.05, 3.63) is 0 Å². The molecule has 1 aliphatic rings. The highest BCUT2D eigenvalue weighted by Gasteiger charge is 2.40. The van der Waals surface area contributed by atoms with Crippen LogP contribution in [0, 0.1) is 22.7 Å². The third-order valence-electron chi connectivity index (χ3n) is 3.89. The van der Waals surface area contributed by atoms with Gasteiger partial charge in [0.1, 0.15) is 0 Å². The number of hydrogen-bond donors (Lipinski definition) is 0. The van der Waals surface area contributed by atoms with Crippen LogP contribution in [-0.2, 0) is 0 Å². The Bertz CT molecular complexity index is 352. The lowest BCUT2D eigenvalue weighted by Crippen LogP contribution is -2.39. The first-order valence-corrected chi connectivity index (χ1v) is 8.15. The minimum absolute atomic E-state index is 0.298. The molecule has 1 aliphatic carbocycles. The van der Waals surface area contributed by atoms with Gasteiger partial charge in [0.05, 0.1) is 6.04 Å². The SMILES string of the molecule is CC(C)C=NC[C@]1(C)C[C@@H](N=CC(C)C)CC(C)(C)C1. The van der Waals surface area contributed by atoms with E-state index >= 15 is 0 Å². The normalized spacial score (nSPS) is 30.9. The number of aliphatic imine (C=N–C) groups is 2. The standard InChI is InChI=1S/C18H34N2/c1-14(2)10-19-13-18(7)9-16(20-11-15(3)4)8-17(5,6)12-18/h10-11,14-16H,8-9,12-13H2,1-7H3/t16-,18+/m0/s1. The molecule has 0 aliphatic heterocycles. The fraction of sp³-hybridized carbons (Fsp3) is 0.889. The highest BCUT2D eigenvalue weighted by atomic mass is 14.8. The predicted octanol–water partition coefficient (Wildman–Crippen LogP) is 5.03. The molecule has 0 bridgehead atoms. The van der Waals surface area contributed by atoms with Crippen LogP contribution in [0.5, 0.6) is 0 Å². The van der Waals surface area contributed by atoms with Gasteiger partial charge in [-0.2, -0.15) is 0 Å². The van der Waals surface area contributed by atoms with Gasteiger partial charge in [0.15, 0.2) is 0 Å². The third kappa shape index (κ3) is 6.19. The van der Waals surface area contributed by atoms with Crippen LogP contribution in [0.4, 0.5) is 0 Å². The average Bonchev–Trinajstić information content (AvgIpc) is 2.22. The Morgan fingerprint density at radius 1 is 1.00 bits per heavy atom. The molecule has 1 fully saturated rings. The van der Waals surface area contributed by atoms with Gasteiger partial charge in [-0.1, -0.05) is 48.5 Å². The zero-order valence-electron chi connectivity index (χ0n) is 14.6. The van der Waals surface area contributed by atoms with Crippen molar-refractivity contribution in [3.63, 3.8) is 0 Å². The minimum atomic E-state index is 0.298. The van der Waals surface area contributed by atoms with Crippen molar-refractivity contribution >= 4 is 12.4 Å². The topological polar surface area (TPSA) is 24.7 Å².